The van der Waals surface area contributed by atoms with E-state index < -0.39 is 22.9 Å². The van der Waals surface area contributed by atoms with Crippen LogP contribution in [0.3, 0.4) is 0 Å². The van der Waals surface area contributed by atoms with Crippen molar-refractivity contribution in [1.29, 1.82) is 0 Å². The molecule has 1 aromatic rings. The molecule has 0 fully saturated rings. The first kappa shape index (κ1) is 11.4. The highest BCUT2D eigenvalue weighted by Gasteiger charge is 2.25. The molecule has 0 bridgehead atoms. The third kappa shape index (κ3) is 2.03. The Bertz CT molecular complexity index is 402. The molecule has 15 heavy (non-hydrogen) atoms. The molecule has 0 amide bonds. The van der Waals surface area contributed by atoms with Crippen LogP contribution in [0.1, 0.15) is 36.7 Å². The average Bonchev–Trinajstić information content (AvgIpc) is 2.06. The lowest BCUT2D eigenvalue weighted by Crippen LogP contribution is -2.16. The van der Waals surface area contributed by atoms with Crippen LogP contribution in [0.5, 0.6) is 11.5 Å². The first-order chi connectivity index (χ1) is 6.75. The maximum absolute atomic E-state index is 11.0. The van der Waals surface area contributed by atoms with Crippen LogP contribution in [-0.4, -0.2) is 21.3 Å². The van der Waals surface area contributed by atoms with E-state index in [1.54, 1.807) is 0 Å². The van der Waals surface area contributed by atoms with Crippen LogP contribution in [0, 0.1) is 0 Å². The SMILES string of the molecule is CC(C)(C)c1ccc(O)c(O)c1C(=O)O. The fourth-order valence-electron chi connectivity index (χ4n) is 1.42. The molecular formula is C11H14O4. The number of hydrogen-bond donors (Lipinski definition) is 3. The molecule has 0 atom stereocenters. The maximum Gasteiger partial charge on any atom is 0.339 e. The summed E-state index contributed by atoms with van der Waals surface area (Å²) in [6.45, 7) is 5.52. The number of aromatic carboxylic acids is 1. The lowest BCUT2D eigenvalue weighted by molar-refractivity contribution is 0.0690. The van der Waals surface area contributed by atoms with E-state index in [9.17, 15) is 15.0 Å². The van der Waals surface area contributed by atoms with E-state index in [1.807, 2.05) is 20.8 Å². The van der Waals surface area contributed by atoms with Gasteiger partial charge in [0.05, 0.1) is 0 Å². The first-order valence-electron chi connectivity index (χ1n) is 4.54. The van der Waals surface area contributed by atoms with Gasteiger partial charge < -0.3 is 15.3 Å². The molecule has 0 aromatic heterocycles. The fourth-order valence-corrected chi connectivity index (χ4v) is 1.42. The minimum Gasteiger partial charge on any atom is -0.504 e. The molecule has 82 valence electrons. The van der Waals surface area contributed by atoms with Gasteiger partial charge in [-0.25, -0.2) is 4.79 Å². The summed E-state index contributed by atoms with van der Waals surface area (Å²) in [7, 11) is 0. The van der Waals surface area contributed by atoms with Crippen molar-refractivity contribution in [2.45, 2.75) is 26.2 Å². The number of benzene rings is 1. The van der Waals surface area contributed by atoms with E-state index >= 15 is 0 Å². The molecule has 4 heteroatoms. The summed E-state index contributed by atoms with van der Waals surface area (Å²) in [5, 5.41) is 27.7. The summed E-state index contributed by atoms with van der Waals surface area (Å²) in [5.41, 5.74) is -0.147. The Hall–Kier alpha value is -1.71. The molecule has 0 aliphatic heterocycles. The zero-order valence-corrected chi connectivity index (χ0v) is 8.90. The van der Waals surface area contributed by atoms with E-state index in [0.717, 1.165) is 0 Å². The van der Waals surface area contributed by atoms with Gasteiger partial charge in [-0.2, -0.15) is 0 Å². The second-order valence-corrected chi connectivity index (χ2v) is 4.41. The normalized spacial score (nSPS) is 11.4. The van der Waals surface area contributed by atoms with Crippen LogP contribution in [-0.2, 0) is 5.41 Å². The number of hydrogen-bond acceptors (Lipinski definition) is 3. The minimum absolute atomic E-state index is 0.234. The highest BCUT2D eigenvalue weighted by molar-refractivity contribution is 5.94. The van der Waals surface area contributed by atoms with Gasteiger partial charge in [-0.15, -0.1) is 0 Å². The molecule has 0 unspecified atom stereocenters. The Balaban J connectivity index is 3.55. The third-order valence-corrected chi connectivity index (χ3v) is 2.18. The number of carboxylic acids is 1. The monoisotopic (exact) mass is 210 g/mol. The van der Waals surface area contributed by atoms with Gasteiger partial charge in [0, 0.05) is 0 Å². The zero-order chi connectivity index (χ0) is 11.8. The van der Waals surface area contributed by atoms with E-state index in [2.05, 4.69) is 0 Å². The highest BCUT2D eigenvalue weighted by atomic mass is 16.4. The van der Waals surface area contributed by atoms with Crippen molar-refractivity contribution in [3.05, 3.63) is 23.3 Å². The van der Waals surface area contributed by atoms with Gasteiger partial charge in [0.1, 0.15) is 5.56 Å². The molecule has 0 aliphatic rings. The summed E-state index contributed by atoms with van der Waals surface area (Å²) < 4.78 is 0. The average molecular weight is 210 g/mol. The van der Waals surface area contributed by atoms with Gasteiger partial charge in [-0.3, -0.25) is 0 Å². The third-order valence-electron chi connectivity index (χ3n) is 2.18. The smallest absolute Gasteiger partial charge is 0.339 e. The van der Waals surface area contributed by atoms with Gasteiger partial charge in [-0.05, 0) is 17.0 Å². The molecular weight excluding hydrogens is 196 g/mol. The number of phenolic OH excluding ortho intramolecular Hbond substituents is 1. The van der Waals surface area contributed by atoms with Crippen LogP contribution in [0.15, 0.2) is 12.1 Å². The number of rotatable bonds is 1. The number of phenols is 2. The van der Waals surface area contributed by atoms with Gasteiger partial charge in [-0.1, -0.05) is 26.8 Å². The van der Waals surface area contributed by atoms with Crippen LogP contribution in [0.25, 0.3) is 0 Å². The second-order valence-electron chi connectivity index (χ2n) is 4.41. The molecule has 0 spiro atoms. The van der Waals surface area contributed by atoms with Gasteiger partial charge in [0.2, 0.25) is 0 Å². The van der Waals surface area contributed by atoms with Crippen molar-refractivity contribution >= 4 is 5.97 Å². The van der Waals surface area contributed by atoms with Crippen molar-refractivity contribution in [2.75, 3.05) is 0 Å². The molecule has 0 radical (unpaired) electrons. The Morgan fingerprint density at radius 2 is 1.73 bits per heavy atom. The molecule has 4 nitrogen and oxygen atoms in total. The number of aromatic hydroxyl groups is 2. The maximum atomic E-state index is 11.0. The van der Waals surface area contributed by atoms with Crippen LogP contribution in [0.2, 0.25) is 0 Å². The quantitative estimate of drug-likeness (QED) is 0.620. The number of carbonyl (C=O) groups is 1. The van der Waals surface area contributed by atoms with E-state index in [-0.39, 0.29) is 5.56 Å². The topological polar surface area (TPSA) is 77.8 Å². The Kier molecular flexibility index (Phi) is 2.62. The van der Waals surface area contributed by atoms with Crippen molar-refractivity contribution in [2.24, 2.45) is 0 Å². The van der Waals surface area contributed by atoms with E-state index in [1.165, 1.54) is 12.1 Å². The molecule has 0 saturated carbocycles. The Morgan fingerprint density at radius 1 is 1.20 bits per heavy atom. The molecule has 1 aromatic carbocycles. The highest BCUT2D eigenvalue weighted by Crippen LogP contribution is 2.36. The van der Waals surface area contributed by atoms with Crippen LogP contribution < -0.4 is 0 Å². The summed E-state index contributed by atoms with van der Waals surface area (Å²) in [4.78, 5) is 11.0. The van der Waals surface area contributed by atoms with Crippen LogP contribution in [0.4, 0.5) is 0 Å². The fraction of sp³-hybridized carbons (Fsp3) is 0.364. The summed E-state index contributed by atoms with van der Waals surface area (Å²) in [6.07, 6.45) is 0. The standard InChI is InChI=1S/C11H14O4/c1-11(2,3)6-4-5-7(12)9(13)8(6)10(14)15/h4-5,12-13H,1-3H3,(H,14,15). The summed E-state index contributed by atoms with van der Waals surface area (Å²) in [6, 6.07) is 2.81. The molecule has 0 aliphatic carbocycles. The number of carboxylic acid groups (broad SMARTS) is 1. The van der Waals surface area contributed by atoms with Gasteiger partial charge in [0.15, 0.2) is 11.5 Å². The predicted octanol–water partition coefficient (Wildman–Crippen LogP) is 2.09. The van der Waals surface area contributed by atoms with Gasteiger partial charge in [0.25, 0.3) is 0 Å². The second kappa shape index (κ2) is 3.46. The molecule has 1 rings (SSSR count). The zero-order valence-electron chi connectivity index (χ0n) is 8.90. The van der Waals surface area contributed by atoms with Gasteiger partial charge >= 0.3 is 5.97 Å². The Morgan fingerprint density at radius 3 is 2.13 bits per heavy atom. The van der Waals surface area contributed by atoms with Crippen molar-refractivity contribution in [3.8, 4) is 11.5 Å². The van der Waals surface area contributed by atoms with Crippen molar-refractivity contribution < 1.29 is 20.1 Å². The van der Waals surface area contributed by atoms with Crippen LogP contribution >= 0.6 is 0 Å². The van der Waals surface area contributed by atoms with E-state index in [0.29, 0.717) is 5.56 Å². The molecule has 3 N–H and O–H groups in total. The van der Waals surface area contributed by atoms with Crippen molar-refractivity contribution in [3.63, 3.8) is 0 Å². The Labute approximate surface area is 87.8 Å². The first-order valence-corrected chi connectivity index (χ1v) is 4.54. The lowest BCUT2D eigenvalue weighted by atomic mass is 9.83. The largest absolute Gasteiger partial charge is 0.504 e. The summed E-state index contributed by atoms with van der Waals surface area (Å²) in [5.74, 6) is -2.23. The minimum atomic E-state index is -1.24. The molecule has 0 saturated heterocycles. The van der Waals surface area contributed by atoms with Crippen molar-refractivity contribution in [1.82, 2.24) is 0 Å². The predicted molar refractivity (Wildman–Crippen MR) is 55.4 cm³/mol. The molecule has 0 heterocycles. The lowest BCUT2D eigenvalue weighted by Gasteiger charge is -2.22. The summed E-state index contributed by atoms with van der Waals surface area (Å²) >= 11 is 0. The van der Waals surface area contributed by atoms with E-state index in [4.69, 9.17) is 5.11 Å².